The molecule has 3 heterocycles. The van der Waals surface area contributed by atoms with E-state index in [2.05, 4.69) is 0 Å². The van der Waals surface area contributed by atoms with Crippen LogP contribution in [-0.2, 0) is 9.59 Å². The van der Waals surface area contributed by atoms with Crippen molar-refractivity contribution in [2.75, 3.05) is 39.8 Å². The normalized spacial score (nSPS) is 23.0. The van der Waals surface area contributed by atoms with Crippen molar-refractivity contribution in [3.63, 3.8) is 0 Å². The number of fused-ring (bicyclic) bond motifs is 1. The summed E-state index contributed by atoms with van der Waals surface area (Å²) in [6.07, 6.45) is 0.557. The van der Waals surface area contributed by atoms with E-state index in [9.17, 15) is 14.4 Å². The number of thiophene rings is 1. The summed E-state index contributed by atoms with van der Waals surface area (Å²) in [4.78, 5) is 44.4. The van der Waals surface area contributed by atoms with Gasteiger partial charge in [-0.05, 0) is 37.3 Å². The Kier molecular flexibility index (Phi) is 4.65. The van der Waals surface area contributed by atoms with E-state index in [0.717, 1.165) is 20.5 Å². The summed E-state index contributed by atoms with van der Waals surface area (Å²) in [5.74, 6) is -0.169. The average molecular weight is 400 g/mol. The van der Waals surface area contributed by atoms with Gasteiger partial charge in [-0.3, -0.25) is 14.4 Å². The Morgan fingerprint density at radius 1 is 1.04 bits per heavy atom. The van der Waals surface area contributed by atoms with Gasteiger partial charge in [-0.15, -0.1) is 11.3 Å². The molecule has 2 fully saturated rings. The Balaban J connectivity index is 1.45. The SMILES string of the molecule is Cc1c(C(=O)N2CCN(C(=O)C3(C)CCN(C)C3=O)CC2)sc2ccccc12. The van der Waals surface area contributed by atoms with Crippen LogP contribution >= 0.6 is 11.3 Å². The first-order valence-corrected chi connectivity index (χ1v) is 10.5. The lowest BCUT2D eigenvalue weighted by Gasteiger charge is -2.37. The molecule has 2 saturated heterocycles. The van der Waals surface area contributed by atoms with Gasteiger partial charge >= 0.3 is 0 Å². The Morgan fingerprint density at radius 3 is 2.29 bits per heavy atom. The minimum absolute atomic E-state index is 0.0358. The molecule has 0 radical (unpaired) electrons. The van der Waals surface area contributed by atoms with Gasteiger partial charge in [0.15, 0.2) is 0 Å². The second kappa shape index (κ2) is 6.88. The minimum atomic E-state index is -0.955. The number of benzene rings is 1. The second-order valence-corrected chi connectivity index (χ2v) is 9.00. The number of aryl methyl sites for hydroxylation is 1. The van der Waals surface area contributed by atoms with Crippen LogP contribution < -0.4 is 0 Å². The van der Waals surface area contributed by atoms with Gasteiger partial charge in [0.1, 0.15) is 5.41 Å². The highest BCUT2D eigenvalue weighted by Gasteiger charge is 2.49. The molecule has 1 atom stereocenters. The van der Waals surface area contributed by atoms with Crippen molar-refractivity contribution in [3.05, 3.63) is 34.7 Å². The van der Waals surface area contributed by atoms with Gasteiger partial charge in [-0.25, -0.2) is 0 Å². The van der Waals surface area contributed by atoms with Gasteiger partial charge in [0, 0.05) is 44.5 Å². The zero-order chi connectivity index (χ0) is 20.1. The molecule has 1 aromatic heterocycles. The zero-order valence-corrected chi connectivity index (χ0v) is 17.3. The fraction of sp³-hybridized carbons (Fsp3) is 0.476. The number of carbonyl (C=O) groups excluding carboxylic acids is 3. The highest BCUT2D eigenvalue weighted by atomic mass is 32.1. The molecule has 0 saturated carbocycles. The summed E-state index contributed by atoms with van der Waals surface area (Å²) in [5, 5.41) is 1.13. The van der Waals surface area contributed by atoms with Crippen LogP contribution in [0.2, 0.25) is 0 Å². The quantitative estimate of drug-likeness (QED) is 0.729. The highest BCUT2D eigenvalue weighted by Crippen LogP contribution is 2.34. The topological polar surface area (TPSA) is 60.9 Å². The predicted octanol–water partition coefficient (Wildman–Crippen LogP) is 2.36. The monoisotopic (exact) mass is 399 g/mol. The first-order chi connectivity index (χ1) is 13.3. The van der Waals surface area contributed by atoms with Crippen LogP contribution in [0.3, 0.4) is 0 Å². The Hall–Kier alpha value is -2.41. The number of amides is 3. The summed E-state index contributed by atoms with van der Waals surface area (Å²) in [6.45, 7) is 6.30. The molecule has 28 heavy (non-hydrogen) atoms. The third-order valence-electron chi connectivity index (χ3n) is 6.13. The van der Waals surface area contributed by atoms with Crippen molar-refractivity contribution in [1.29, 1.82) is 0 Å². The van der Waals surface area contributed by atoms with Crippen LogP contribution in [0.15, 0.2) is 24.3 Å². The Labute approximate surface area is 168 Å². The fourth-order valence-electron chi connectivity index (χ4n) is 4.20. The molecule has 2 aliphatic heterocycles. The van der Waals surface area contributed by atoms with E-state index in [-0.39, 0.29) is 17.7 Å². The largest absolute Gasteiger partial charge is 0.345 e. The third kappa shape index (κ3) is 2.89. The van der Waals surface area contributed by atoms with E-state index in [1.54, 1.807) is 23.8 Å². The number of likely N-dealkylation sites (tertiary alicyclic amines) is 1. The van der Waals surface area contributed by atoms with Crippen LogP contribution in [-0.4, -0.2) is 72.2 Å². The van der Waals surface area contributed by atoms with Gasteiger partial charge in [-0.2, -0.15) is 0 Å². The number of rotatable bonds is 2. The first kappa shape index (κ1) is 18.9. The van der Waals surface area contributed by atoms with E-state index in [0.29, 0.717) is 39.1 Å². The zero-order valence-electron chi connectivity index (χ0n) is 16.5. The molecule has 4 rings (SSSR count). The van der Waals surface area contributed by atoms with Gasteiger partial charge in [0.25, 0.3) is 5.91 Å². The molecular formula is C21H25N3O3S. The molecule has 6 nitrogen and oxygen atoms in total. The lowest BCUT2D eigenvalue weighted by atomic mass is 9.87. The second-order valence-electron chi connectivity index (χ2n) is 7.95. The van der Waals surface area contributed by atoms with Crippen LogP contribution in [0.1, 0.15) is 28.6 Å². The molecule has 1 unspecified atom stereocenters. The maximum absolute atomic E-state index is 13.1. The summed E-state index contributed by atoms with van der Waals surface area (Å²) >= 11 is 1.53. The molecule has 148 valence electrons. The third-order valence-corrected chi connectivity index (χ3v) is 7.39. The average Bonchev–Trinajstić information content (AvgIpc) is 3.19. The predicted molar refractivity (Wildman–Crippen MR) is 109 cm³/mol. The van der Waals surface area contributed by atoms with Crippen molar-refractivity contribution >= 4 is 39.1 Å². The van der Waals surface area contributed by atoms with Crippen molar-refractivity contribution in [2.45, 2.75) is 20.3 Å². The van der Waals surface area contributed by atoms with Crippen molar-refractivity contribution in [3.8, 4) is 0 Å². The van der Waals surface area contributed by atoms with E-state index < -0.39 is 5.41 Å². The molecule has 2 aromatic rings. The molecule has 0 bridgehead atoms. The van der Waals surface area contributed by atoms with E-state index in [1.807, 2.05) is 36.1 Å². The van der Waals surface area contributed by atoms with Crippen LogP contribution in [0.4, 0.5) is 0 Å². The highest BCUT2D eigenvalue weighted by molar-refractivity contribution is 7.21. The Morgan fingerprint density at radius 2 is 1.68 bits per heavy atom. The van der Waals surface area contributed by atoms with Crippen LogP contribution in [0, 0.1) is 12.3 Å². The van der Waals surface area contributed by atoms with Gasteiger partial charge in [-0.1, -0.05) is 18.2 Å². The standard InChI is InChI=1S/C21H25N3O3S/c1-14-15-6-4-5-7-16(15)28-17(14)18(25)23-10-12-24(13-11-23)20(27)21(2)8-9-22(3)19(21)26/h4-7H,8-13H2,1-3H3. The van der Waals surface area contributed by atoms with Gasteiger partial charge in [0.05, 0.1) is 4.88 Å². The molecule has 1 aromatic carbocycles. The fourth-order valence-corrected chi connectivity index (χ4v) is 5.38. The van der Waals surface area contributed by atoms with Crippen molar-refractivity contribution in [2.24, 2.45) is 5.41 Å². The maximum Gasteiger partial charge on any atom is 0.264 e. The number of nitrogens with zero attached hydrogens (tertiary/aromatic N) is 3. The van der Waals surface area contributed by atoms with E-state index in [1.165, 1.54) is 11.3 Å². The summed E-state index contributed by atoms with van der Waals surface area (Å²) in [7, 11) is 1.74. The van der Waals surface area contributed by atoms with Crippen molar-refractivity contribution < 1.29 is 14.4 Å². The lowest BCUT2D eigenvalue weighted by Crippen LogP contribution is -2.55. The summed E-state index contributed by atoms with van der Waals surface area (Å²) < 4.78 is 1.12. The number of piperazine rings is 1. The molecule has 2 aliphatic rings. The van der Waals surface area contributed by atoms with Gasteiger partial charge < -0.3 is 14.7 Å². The molecule has 0 N–H and O–H groups in total. The lowest BCUT2D eigenvalue weighted by molar-refractivity contribution is -0.151. The molecule has 3 amide bonds. The van der Waals surface area contributed by atoms with E-state index in [4.69, 9.17) is 0 Å². The molecule has 7 heteroatoms. The molecule has 0 aliphatic carbocycles. The summed E-state index contributed by atoms with van der Waals surface area (Å²) in [5.41, 5.74) is 0.0689. The van der Waals surface area contributed by atoms with Gasteiger partial charge in [0.2, 0.25) is 11.8 Å². The molecule has 0 spiro atoms. The maximum atomic E-state index is 13.1. The van der Waals surface area contributed by atoms with Crippen LogP contribution in [0.5, 0.6) is 0 Å². The Bertz CT molecular complexity index is 961. The summed E-state index contributed by atoms with van der Waals surface area (Å²) in [6, 6.07) is 8.06. The molecular weight excluding hydrogens is 374 g/mol. The number of hydrogen-bond acceptors (Lipinski definition) is 4. The smallest absolute Gasteiger partial charge is 0.264 e. The minimum Gasteiger partial charge on any atom is -0.345 e. The van der Waals surface area contributed by atoms with Crippen molar-refractivity contribution in [1.82, 2.24) is 14.7 Å². The van der Waals surface area contributed by atoms with Crippen LogP contribution in [0.25, 0.3) is 10.1 Å². The number of carbonyl (C=O) groups is 3. The van der Waals surface area contributed by atoms with E-state index >= 15 is 0 Å². The first-order valence-electron chi connectivity index (χ1n) is 9.65. The number of hydrogen-bond donors (Lipinski definition) is 0.